The first-order chi connectivity index (χ1) is 53.3. The van der Waals surface area contributed by atoms with Crippen LogP contribution >= 0.6 is 0 Å². The molecule has 0 N–H and O–H groups in total. The van der Waals surface area contributed by atoms with E-state index in [0.717, 1.165) is 40.6 Å². The van der Waals surface area contributed by atoms with E-state index in [1.807, 2.05) is 13.0 Å². The maximum Gasteiger partial charge on any atom is 0.212 e. The zero-order valence-corrected chi connectivity index (χ0v) is 50.5. The Morgan fingerprint density at radius 3 is 1.20 bits per heavy atom. The van der Waals surface area contributed by atoms with Crippen LogP contribution in [0.1, 0.15) is 260 Å². The molecule has 8 aromatic rings. The molecule has 8 rings (SSSR count). The van der Waals surface area contributed by atoms with Crippen LogP contribution in [-0.2, 0) is 41.0 Å². The summed E-state index contributed by atoms with van der Waals surface area (Å²) in [6.07, 6.45) is 3.49. The first-order valence-electron chi connectivity index (χ1n) is 45.8. The fourth-order valence-corrected chi connectivity index (χ4v) is 9.78. The van der Waals surface area contributed by atoms with Crippen molar-refractivity contribution >= 4 is 0 Å². The Morgan fingerprint density at radius 1 is 0.378 bits per heavy atom. The van der Waals surface area contributed by atoms with Gasteiger partial charge < -0.3 is 0 Å². The molecule has 0 spiro atoms. The third-order valence-electron chi connectivity index (χ3n) is 14.2. The minimum atomic E-state index is -2.81. The predicted molar refractivity (Wildman–Crippen MR) is 353 cm³/mol. The number of pyridine rings is 4. The summed E-state index contributed by atoms with van der Waals surface area (Å²) in [6, 6.07) is 26.2. The van der Waals surface area contributed by atoms with Crippen LogP contribution in [0.5, 0.6) is 0 Å². The number of benzene rings is 4. The average Bonchev–Trinajstić information content (AvgIpc) is 0.723. The summed E-state index contributed by atoms with van der Waals surface area (Å²) < 4.78 is 304. The van der Waals surface area contributed by atoms with Gasteiger partial charge in [-0.2, -0.15) is 0 Å². The zero-order chi connectivity index (χ0) is 93.5. The van der Waals surface area contributed by atoms with Crippen LogP contribution in [-0.4, -0.2) is 0 Å². The van der Waals surface area contributed by atoms with Crippen LogP contribution in [0, 0.1) is 68.0 Å². The van der Waals surface area contributed by atoms with Crippen LogP contribution in [0.2, 0.25) is 0 Å². The highest BCUT2D eigenvalue weighted by molar-refractivity contribution is 5.66. The van der Waals surface area contributed by atoms with E-state index >= 15 is 0 Å². The molecule has 0 radical (unpaired) electrons. The molecule has 4 aromatic carbocycles. The minimum absolute atomic E-state index is 0.0761. The minimum Gasteiger partial charge on any atom is -0.201 e. The molecule has 4 nitrogen and oxygen atoms in total. The number of nitrogens with zero attached hydrogens (tertiary/aromatic N) is 4. The summed E-state index contributed by atoms with van der Waals surface area (Å²) >= 11 is 0. The molecule has 0 amide bonds. The van der Waals surface area contributed by atoms with E-state index in [1.54, 1.807) is 154 Å². The van der Waals surface area contributed by atoms with Crippen molar-refractivity contribution in [1.82, 2.24) is 0 Å². The van der Waals surface area contributed by atoms with E-state index in [1.165, 1.54) is 77.3 Å². The van der Waals surface area contributed by atoms with Crippen molar-refractivity contribution in [2.24, 2.45) is 34.1 Å². The van der Waals surface area contributed by atoms with Gasteiger partial charge >= 0.3 is 0 Å². The van der Waals surface area contributed by atoms with Gasteiger partial charge in [0.25, 0.3) is 0 Å². The molecule has 82 heavy (non-hydrogen) atoms. The third kappa shape index (κ3) is 16.8. The number of aromatic nitrogens is 4. The van der Waals surface area contributed by atoms with E-state index in [0.29, 0.717) is 67.0 Å². The molecule has 6 unspecified atom stereocenters. The van der Waals surface area contributed by atoms with Gasteiger partial charge in [-0.15, -0.1) is 0 Å². The van der Waals surface area contributed by atoms with Crippen molar-refractivity contribution in [2.75, 3.05) is 0 Å². The highest BCUT2D eigenvalue weighted by Crippen LogP contribution is 2.31. The van der Waals surface area contributed by atoms with Gasteiger partial charge in [-0.3, -0.25) is 0 Å². The van der Waals surface area contributed by atoms with Crippen molar-refractivity contribution in [3.8, 4) is 45.0 Å². The molecule has 4 heteroatoms. The van der Waals surface area contributed by atoms with E-state index in [4.69, 9.17) is 52.1 Å². The molecule has 4 heterocycles. The highest BCUT2D eigenvalue weighted by atomic mass is 14.9. The Bertz CT molecular complexity index is 5050. The summed E-state index contributed by atoms with van der Waals surface area (Å²) in [5.41, 5.74) is 11.3. The lowest BCUT2D eigenvalue weighted by Crippen LogP contribution is -2.32. The van der Waals surface area contributed by atoms with Gasteiger partial charge in [0.15, 0.2) is 24.8 Å². The monoisotopic (exact) mass is 1140 g/mol. The summed E-state index contributed by atoms with van der Waals surface area (Å²) in [5, 5.41) is 0. The van der Waals surface area contributed by atoms with E-state index in [2.05, 4.69) is 0 Å². The van der Waals surface area contributed by atoms with Gasteiger partial charge in [0.2, 0.25) is 22.8 Å². The van der Waals surface area contributed by atoms with Crippen LogP contribution in [0.15, 0.2) is 122 Å². The van der Waals surface area contributed by atoms with Crippen molar-refractivity contribution in [2.45, 2.75) is 194 Å². The smallest absolute Gasteiger partial charge is 0.201 e. The maximum absolute atomic E-state index is 8.47. The number of aryl methyl sites for hydroxylation is 14. The fourth-order valence-electron chi connectivity index (χ4n) is 9.78. The molecule has 436 valence electrons. The van der Waals surface area contributed by atoms with E-state index in [-0.39, 0.29) is 39.8 Å². The highest BCUT2D eigenvalue weighted by Gasteiger charge is 2.22. The maximum atomic E-state index is 8.47. The second kappa shape index (κ2) is 29.1. The van der Waals surface area contributed by atoms with Crippen molar-refractivity contribution in [3.63, 3.8) is 0 Å². The normalized spacial score (nSPS) is 24.1. The summed E-state index contributed by atoms with van der Waals surface area (Å²) in [6.45, 7) is -6.94. The van der Waals surface area contributed by atoms with Crippen molar-refractivity contribution < 1.29 is 70.4 Å². The van der Waals surface area contributed by atoms with E-state index < -0.39 is 110 Å². The van der Waals surface area contributed by atoms with Gasteiger partial charge in [-0.25, -0.2) is 18.3 Å². The van der Waals surface area contributed by atoms with Crippen LogP contribution in [0.4, 0.5) is 0 Å². The first kappa shape index (κ1) is 30.3. The molecule has 0 aliphatic heterocycles. The van der Waals surface area contributed by atoms with Gasteiger partial charge in [0.1, 0.15) is 28.2 Å². The van der Waals surface area contributed by atoms with Gasteiger partial charge in [0, 0.05) is 121 Å². The van der Waals surface area contributed by atoms with Gasteiger partial charge in [0.05, 0.1) is 0 Å². The van der Waals surface area contributed by atoms with Gasteiger partial charge in [-0.1, -0.05) is 144 Å². The second-order valence-electron chi connectivity index (χ2n) is 21.2. The molecule has 0 aliphatic carbocycles. The molecule has 0 bridgehead atoms. The van der Waals surface area contributed by atoms with Crippen molar-refractivity contribution in [1.29, 1.82) is 0 Å². The summed E-state index contributed by atoms with van der Waals surface area (Å²) in [4.78, 5) is 0. The summed E-state index contributed by atoms with van der Waals surface area (Å²) in [5.74, 6) is -11.9. The largest absolute Gasteiger partial charge is 0.212 e. The topological polar surface area (TPSA) is 15.5 Å². The Kier molecular flexibility index (Phi) is 10.8. The Morgan fingerprint density at radius 2 is 0.780 bits per heavy atom. The quantitative estimate of drug-likeness (QED) is 0.108. The molecule has 0 fully saturated rings. The standard InChI is InChI=1S/C21H30N.C20H28N.C19H26N.C18H24N/c1-14(2)10-18-8-9-19(16(5)11-18)21-12-17(6)20(15(3)4)13-22(21)7;1-13(2)17-8-9-18(15(5)10-17)20-11-16(6)19(14(3)4)12-21(20)7;1-7-16-8-9-17(14(4)10-16)19-11-18(13(2)3)15(5)12-20(19)6;1-12(2)17-10-18(19(6)11-15(17)5)16-8-7-13(3)9-14(16)4/h8-9,11-15H,10H2,1-7H3;8-14H,1-7H3;8-13H,7H2,1-6H3;7-12H,1-6H3/q4*+1/i1D3,3D3,10D2,14D,15D;1D3,3D3,13D,14D;1D3,2D3,5D3,13D;1D3,3D3,5D3,12D. The third-order valence-corrected chi connectivity index (χ3v) is 14.2. The van der Waals surface area contributed by atoms with Gasteiger partial charge in [-0.05, 0) is 196 Å². The lowest BCUT2D eigenvalue weighted by Gasteiger charge is -2.13. The lowest BCUT2D eigenvalue weighted by atomic mass is 9.94. The molecular formula is C78H108N4+4. The summed E-state index contributed by atoms with van der Waals surface area (Å²) in [7, 11) is 6.82. The van der Waals surface area contributed by atoms with Crippen LogP contribution in [0.25, 0.3) is 45.0 Å². The Hall–Kier alpha value is -6.52. The molecule has 0 saturated heterocycles. The second-order valence-corrected chi connectivity index (χ2v) is 21.2. The average molecular weight is 1140 g/mol. The predicted octanol–water partition coefficient (Wildman–Crippen LogP) is 18.9. The number of hydrogen-bond donors (Lipinski definition) is 0. The first-order valence-corrected chi connectivity index (χ1v) is 26.8. The Labute approximate surface area is 553 Å². The van der Waals surface area contributed by atoms with Crippen LogP contribution < -0.4 is 18.3 Å². The SMILES string of the molecule is [2H]C([2H])([2H])C([2H])(C)c1c[n+](C)c(-c2ccc(C([2H])([2H])C([2H])(C)C([2H])([2H])[2H])cc2C)cc1C.[2H]C([2H])([2H])C([2H])(C)c1ccc(-c2cc(C)c(C([2H])(C)C([2H])([2H])[2H])c[n+]2C)c(C)c1.[2H]C([2H])([2H])Cc1ccc(-c2cc(C([2H])(C)C([2H])([2H])[2H])c(C([2H])([2H])[2H])c[n+]2C)c(C)c1.[2H]C([2H])([2H])c1ccc(-c2cc(C([2H])(C)C([2H])([2H])[2H])c(C([2H])([2H])[2H])c[n+]2C)c(C)c1. The lowest BCUT2D eigenvalue weighted by molar-refractivity contribution is -0.661. The molecular weight excluding hydrogens is 993 g/mol. The fraction of sp³-hybridized carbons (Fsp3) is 0.436. The molecule has 0 saturated carbocycles. The zero-order valence-electron chi connectivity index (χ0n) is 88.5. The molecule has 6 atom stereocenters. The Balaban J connectivity index is 0.000000285. The molecule has 0 aliphatic rings. The molecule has 4 aromatic heterocycles. The van der Waals surface area contributed by atoms with E-state index in [9.17, 15) is 0 Å². The van der Waals surface area contributed by atoms with Crippen LogP contribution in [0.3, 0.4) is 0 Å². The number of hydrogen-bond acceptors (Lipinski definition) is 0. The van der Waals surface area contributed by atoms with Crippen molar-refractivity contribution in [3.05, 3.63) is 211 Å². The number of rotatable bonds is 12.